The van der Waals surface area contributed by atoms with Gasteiger partial charge in [-0.25, -0.2) is 4.98 Å². The summed E-state index contributed by atoms with van der Waals surface area (Å²) in [6.07, 6.45) is 1.09. The summed E-state index contributed by atoms with van der Waals surface area (Å²) in [4.78, 5) is 5.91. The molecule has 0 bridgehead atoms. The third-order valence-electron chi connectivity index (χ3n) is 3.77. The van der Waals surface area contributed by atoms with Crippen molar-refractivity contribution in [2.24, 2.45) is 0 Å². The summed E-state index contributed by atoms with van der Waals surface area (Å²) < 4.78 is 2.05. The Morgan fingerprint density at radius 2 is 2.25 bits per heavy atom. The number of nitrogens with zero attached hydrogens (tertiary/aromatic N) is 4. The van der Waals surface area contributed by atoms with E-state index in [4.69, 9.17) is 0 Å². The Bertz CT molecular complexity index is 788. The summed E-state index contributed by atoms with van der Waals surface area (Å²) in [6.45, 7) is 5.04. The molecule has 0 amide bonds. The lowest BCUT2D eigenvalue weighted by Gasteiger charge is -2.23. The Morgan fingerprint density at radius 3 is 3.15 bits per heavy atom. The molecule has 0 saturated carbocycles. The molecule has 0 fully saturated rings. The zero-order chi connectivity index (χ0) is 13.7. The zero-order valence-corrected chi connectivity index (χ0v) is 12.2. The van der Waals surface area contributed by atoms with Crippen LogP contribution in [0.3, 0.4) is 0 Å². The first kappa shape index (κ1) is 12.0. The van der Waals surface area contributed by atoms with Gasteiger partial charge in [-0.2, -0.15) is 0 Å². The second-order valence-electron chi connectivity index (χ2n) is 5.17. The molecule has 1 unspecified atom stereocenters. The van der Waals surface area contributed by atoms with Crippen molar-refractivity contribution in [3.8, 4) is 0 Å². The Labute approximate surface area is 120 Å². The molecule has 1 aliphatic rings. The highest BCUT2D eigenvalue weighted by Crippen LogP contribution is 2.31. The maximum Gasteiger partial charge on any atom is 0.255 e. The summed E-state index contributed by atoms with van der Waals surface area (Å²) in [6, 6.07) is 4.37. The Hall–Kier alpha value is -1.79. The Balaban J connectivity index is 1.93. The maximum atomic E-state index is 4.46. The van der Waals surface area contributed by atoms with Gasteiger partial charge in [-0.05, 0) is 43.3 Å². The summed E-state index contributed by atoms with van der Waals surface area (Å²) in [5.74, 6) is 1.62. The van der Waals surface area contributed by atoms with Crippen LogP contribution in [0.15, 0.2) is 17.5 Å². The van der Waals surface area contributed by atoms with Gasteiger partial charge in [-0.3, -0.25) is 4.40 Å². The van der Waals surface area contributed by atoms with Gasteiger partial charge in [0.15, 0.2) is 5.82 Å². The van der Waals surface area contributed by atoms with Gasteiger partial charge >= 0.3 is 0 Å². The molecule has 3 aromatic heterocycles. The van der Waals surface area contributed by atoms with Crippen LogP contribution in [0.5, 0.6) is 0 Å². The minimum absolute atomic E-state index is 0.114. The highest BCUT2D eigenvalue weighted by Gasteiger charge is 2.27. The number of hydrogen-bond acceptors (Lipinski definition) is 5. The van der Waals surface area contributed by atoms with Crippen LogP contribution >= 0.6 is 11.3 Å². The van der Waals surface area contributed by atoms with Crippen LogP contribution in [0.1, 0.15) is 33.7 Å². The quantitative estimate of drug-likeness (QED) is 0.743. The molecule has 3 aromatic rings. The minimum Gasteiger partial charge on any atom is -0.303 e. The molecule has 0 saturated heterocycles. The van der Waals surface area contributed by atoms with E-state index in [9.17, 15) is 0 Å². The molecule has 0 radical (unpaired) electrons. The topological polar surface area (TPSA) is 55.1 Å². The monoisotopic (exact) mass is 285 g/mol. The standard InChI is InChI=1S/C14H15N5S/c1-8-7-9(2)19-13(17-18-14(19)16-8)12-10-4-6-20-11(10)3-5-15-12/h4,6-7,12,15H,3,5H2,1-2H3. The van der Waals surface area contributed by atoms with Crippen LogP contribution < -0.4 is 5.32 Å². The van der Waals surface area contributed by atoms with Crippen molar-refractivity contribution in [1.82, 2.24) is 24.9 Å². The number of nitrogens with one attached hydrogen (secondary N) is 1. The third-order valence-corrected chi connectivity index (χ3v) is 4.76. The van der Waals surface area contributed by atoms with Gasteiger partial charge in [-0.1, -0.05) is 0 Å². The summed E-state index contributed by atoms with van der Waals surface area (Å²) in [5, 5.41) is 14.3. The van der Waals surface area contributed by atoms with Crippen molar-refractivity contribution in [2.75, 3.05) is 6.54 Å². The highest BCUT2D eigenvalue weighted by molar-refractivity contribution is 7.10. The number of aromatic nitrogens is 4. The van der Waals surface area contributed by atoms with Crippen LogP contribution in [0.4, 0.5) is 0 Å². The zero-order valence-electron chi connectivity index (χ0n) is 11.4. The van der Waals surface area contributed by atoms with Crippen LogP contribution in [0.2, 0.25) is 0 Å². The summed E-state index contributed by atoms with van der Waals surface area (Å²) >= 11 is 1.83. The number of aryl methyl sites for hydroxylation is 2. The number of fused-ring (bicyclic) bond motifs is 2. The first-order valence-electron chi connectivity index (χ1n) is 6.73. The molecule has 5 nitrogen and oxygen atoms in total. The van der Waals surface area contributed by atoms with E-state index >= 15 is 0 Å². The molecule has 102 valence electrons. The summed E-state index contributed by atoms with van der Waals surface area (Å²) in [5.41, 5.74) is 3.42. The van der Waals surface area contributed by atoms with E-state index in [2.05, 4.69) is 49.3 Å². The van der Waals surface area contributed by atoms with E-state index in [1.807, 2.05) is 18.3 Å². The lowest BCUT2D eigenvalue weighted by atomic mass is 10.0. The first-order chi connectivity index (χ1) is 9.74. The van der Waals surface area contributed by atoms with E-state index in [-0.39, 0.29) is 6.04 Å². The Kier molecular flexibility index (Phi) is 2.61. The van der Waals surface area contributed by atoms with Crippen molar-refractivity contribution in [3.05, 3.63) is 45.2 Å². The largest absolute Gasteiger partial charge is 0.303 e. The SMILES string of the molecule is Cc1cc(C)n2c(C3NCCc4sccc43)nnc2n1. The first-order valence-corrected chi connectivity index (χ1v) is 7.61. The van der Waals surface area contributed by atoms with E-state index in [1.54, 1.807) is 0 Å². The average Bonchev–Trinajstić information content (AvgIpc) is 3.03. The lowest BCUT2D eigenvalue weighted by molar-refractivity contribution is 0.544. The fraction of sp³-hybridized carbons (Fsp3) is 0.357. The molecular weight excluding hydrogens is 270 g/mol. The number of hydrogen-bond donors (Lipinski definition) is 1. The molecule has 0 aliphatic carbocycles. The molecule has 6 heteroatoms. The predicted molar refractivity (Wildman–Crippen MR) is 78.1 cm³/mol. The molecule has 0 aromatic carbocycles. The maximum absolute atomic E-state index is 4.46. The highest BCUT2D eigenvalue weighted by atomic mass is 32.1. The van der Waals surface area contributed by atoms with E-state index < -0.39 is 0 Å². The van der Waals surface area contributed by atoms with Gasteiger partial charge in [-0.15, -0.1) is 21.5 Å². The molecular formula is C14H15N5S. The smallest absolute Gasteiger partial charge is 0.255 e. The van der Waals surface area contributed by atoms with Crippen LogP contribution in [0, 0.1) is 13.8 Å². The second-order valence-corrected chi connectivity index (χ2v) is 6.17. The van der Waals surface area contributed by atoms with Crippen molar-refractivity contribution >= 4 is 17.1 Å². The fourth-order valence-corrected chi connectivity index (χ4v) is 3.84. The van der Waals surface area contributed by atoms with E-state index in [0.717, 1.165) is 30.2 Å². The lowest BCUT2D eigenvalue weighted by Crippen LogP contribution is -2.31. The normalized spacial score (nSPS) is 18.4. The van der Waals surface area contributed by atoms with Crippen molar-refractivity contribution in [2.45, 2.75) is 26.3 Å². The van der Waals surface area contributed by atoms with E-state index in [1.165, 1.54) is 10.4 Å². The minimum atomic E-state index is 0.114. The molecule has 1 N–H and O–H groups in total. The number of rotatable bonds is 1. The molecule has 20 heavy (non-hydrogen) atoms. The number of thiophene rings is 1. The van der Waals surface area contributed by atoms with Gasteiger partial charge in [0.25, 0.3) is 5.78 Å². The van der Waals surface area contributed by atoms with E-state index in [0.29, 0.717) is 5.78 Å². The van der Waals surface area contributed by atoms with Gasteiger partial charge in [0, 0.05) is 22.8 Å². The van der Waals surface area contributed by atoms with Crippen LogP contribution in [-0.4, -0.2) is 26.1 Å². The van der Waals surface area contributed by atoms with Gasteiger partial charge in [0.1, 0.15) is 0 Å². The van der Waals surface area contributed by atoms with Gasteiger partial charge in [0.2, 0.25) is 0 Å². The molecule has 4 heterocycles. The van der Waals surface area contributed by atoms with Crippen molar-refractivity contribution in [3.63, 3.8) is 0 Å². The summed E-state index contributed by atoms with van der Waals surface area (Å²) in [7, 11) is 0. The van der Waals surface area contributed by atoms with Gasteiger partial charge < -0.3 is 5.32 Å². The third kappa shape index (κ3) is 1.68. The van der Waals surface area contributed by atoms with Crippen LogP contribution in [0.25, 0.3) is 5.78 Å². The molecule has 4 rings (SSSR count). The molecule has 1 aliphatic heterocycles. The molecule has 0 spiro atoms. The predicted octanol–water partition coefficient (Wildman–Crippen LogP) is 2.04. The average molecular weight is 285 g/mol. The van der Waals surface area contributed by atoms with Crippen molar-refractivity contribution in [1.29, 1.82) is 0 Å². The second kappa shape index (κ2) is 4.36. The fourth-order valence-electron chi connectivity index (χ4n) is 2.92. The van der Waals surface area contributed by atoms with Crippen LogP contribution in [-0.2, 0) is 6.42 Å². The van der Waals surface area contributed by atoms with Crippen molar-refractivity contribution < 1.29 is 0 Å². The molecule has 1 atom stereocenters. The van der Waals surface area contributed by atoms with Gasteiger partial charge in [0.05, 0.1) is 6.04 Å². The Morgan fingerprint density at radius 1 is 1.35 bits per heavy atom.